The van der Waals surface area contributed by atoms with E-state index in [2.05, 4.69) is 5.32 Å². The minimum absolute atomic E-state index is 0.139. The van der Waals surface area contributed by atoms with Gasteiger partial charge in [-0.15, -0.1) is 0 Å². The summed E-state index contributed by atoms with van der Waals surface area (Å²) >= 11 is 5.01. The maximum Gasteiger partial charge on any atom is 0.294 e. The van der Waals surface area contributed by atoms with E-state index in [1.54, 1.807) is 31.1 Å². The third-order valence-electron chi connectivity index (χ3n) is 2.04. The predicted molar refractivity (Wildman–Crippen MR) is 66.3 cm³/mol. The number of anilines is 1. The van der Waals surface area contributed by atoms with Crippen LogP contribution >= 0.6 is 12.2 Å². The Morgan fingerprint density at radius 3 is 2.25 bits per heavy atom. The zero-order valence-electron chi connectivity index (χ0n) is 8.84. The van der Waals surface area contributed by atoms with Crippen molar-refractivity contribution in [2.75, 3.05) is 19.0 Å². The van der Waals surface area contributed by atoms with E-state index in [1.165, 1.54) is 12.1 Å². The molecule has 5 nitrogen and oxygen atoms in total. The summed E-state index contributed by atoms with van der Waals surface area (Å²) in [4.78, 5) is 1.54. The first-order valence-corrected chi connectivity index (χ1v) is 6.24. The molecule has 0 saturated carbocycles. The van der Waals surface area contributed by atoms with Crippen LogP contribution in [0, 0.1) is 0 Å². The summed E-state index contributed by atoms with van der Waals surface area (Å²) in [7, 11) is -0.687. The van der Waals surface area contributed by atoms with Crippen molar-refractivity contribution in [3.63, 3.8) is 0 Å². The Kier molecular flexibility index (Phi) is 3.84. The van der Waals surface area contributed by atoms with Gasteiger partial charge in [0.05, 0.1) is 4.90 Å². The standard InChI is InChI=1S/C9H12N2O3S2/c1-10-9(15)11(2)7-3-5-8(6-4-7)16(12,13)14/h3-6H,1-2H3,(H,10,15)(H,12,13,14). The van der Waals surface area contributed by atoms with Crippen LogP contribution in [0.1, 0.15) is 0 Å². The molecule has 88 valence electrons. The summed E-state index contributed by atoms with van der Waals surface area (Å²) < 4.78 is 30.4. The molecule has 1 rings (SSSR count). The van der Waals surface area contributed by atoms with Crippen LogP contribution in [0.4, 0.5) is 5.69 Å². The second-order valence-electron chi connectivity index (χ2n) is 3.08. The fourth-order valence-corrected chi connectivity index (χ4v) is 1.71. The van der Waals surface area contributed by atoms with Crippen molar-refractivity contribution < 1.29 is 13.0 Å². The van der Waals surface area contributed by atoms with Crippen molar-refractivity contribution >= 4 is 33.1 Å². The molecule has 0 spiro atoms. The smallest absolute Gasteiger partial charge is 0.294 e. The lowest BCUT2D eigenvalue weighted by Gasteiger charge is -2.19. The second kappa shape index (κ2) is 4.77. The number of nitrogens with zero attached hydrogens (tertiary/aromatic N) is 1. The Hall–Kier alpha value is -1.18. The van der Waals surface area contributed by atoms with E-state index < -0.39 is 10.1 Å². The summed E-state index contributed by atoms with van der Waals surface area (Å²) in [6, 6.07) is 5.76. The molecule has 0 aliphatic heterocycles. The summed E-state index contributed by atoms with van der Waals surface area (Å²) in [5.41, 5.74) is 0.728. The van der Waals surface area contributed by atoms with Crippen LogP contribution < -0.4 is 10.2 Å². The Labute approximate surface area is 99.8 Å². The zero-order chi connectivity index (χ0) is 12.3. The third kappa shape index (κ3) is 2.91. The van der Waals surface area contributed by atoms with E-state index in [1.807, 2.05) is 0 Å². The van der Waals surface area contributed by atoms with Crippen LogP contribution in [0.3, 0.4) is 0 Å². The quantitative estimate of drug-likeness (QED) is 0.607. The summed E-state index contributed by atoms with van der Waals surface area (Å²) in [5, 5.41) is 3.31. The lowest BCUT2D eigenvalue weighted by atomic mass is 10.3. The van der Waals surface area contributed by atoms with Gasteiger partial charge >= 0.3 is 0 Å². The van der Waals surface area contributed by atoms with E-state index in [9.17, 15) is 8.42 Å². The number of nitrogens with one attached hydrogen (secondary N) is 1. The first-order valence-electron chi connectivity index (χ1n) is 4.39. The Morgan fingerprint density at radius 1 is 1.38 bits per heavy atom. The highest BCUT2D eigenvalue weighted by molar-refractivity contribution is 7.85. The van der Waals surface area contributed by atoms with Gasteiger partial charge in [-0.3, -0.25) is 4.55 Å². The topological polar surface area (TPSA) is 69.6 Å². The lowest BCUT2D eigenvalue weighted by Crippen LogP contribution is -2.34. The summed E-state index contributed by atoms with van der Waals surface area (Å²) in [6.45, 7) is 0. The Balaban J connectivity index is 3.00. The van der Waals surface area contributed by atoms with Gasteiger partial charge < -0.3 is 10.2 Å². The Bertz CT molecular complexity index is 482. The van der Waals surface area contributed by atoms with Gasteiger partial charge in [-0.05, 0) is 36.5 Å². The molecule has 16 heavy (non-hydrogen) atoms. The van der Waals surface area contributed by atoms with Crippen LogP contribution in [0.25, 0.3) is 0 Å². The minimum Gasteiger partial charge on any atom is -0.365 e. The molecule has 7 heteroatoms. The highest BCUT2D eigenvalue weighted by Gasteiger charge is 2.10. The monoisotopic (exact) mass is 260 g/mol. The fourth-order valence-electron chi connectivity index (χ4n) is 1.13. The predicted octanol–water partition coefficient (Wildman–Crippen LogP) is 0.874. The van der Waals surface area contributed by atoms with Gasteiger partial charge in [0.1, 0.15) is 0 Å². The Morgan fingerprint density at radius 2 is 1.88 bits per heavy atom. The maximum absolute atomic E-state index is 10.8. The molecule has 0 fully saturated rings. The van der Waals surface area contributed by atoms with Gasteiger partial charge in [-0.25, -0.2) is 0 Å². The van der Waals surface area contributed by atoms with Gasteiger partial charge in [0.25, 0.3) is 10.1 Å². The molecule has 1 aromatic carbocycles. The van der Waals surface area contributed by atoms with E-state index in [4.69, 9.17) is 16.8 Å². The molecule has 0 atom stereocenters. The zero-order valence-corrected chi connectivity index (χ0v) is 10.5. The van der Waals surface area contributed by atoms with Gasteiger partial charge in [0, 0.05) is 19.8 Å². The fraction of sp³-hybridized carbons (Fsp3) is 0.222. The molecule has 0 unspecified atom stereocenters. The van der Waals surface area contributed by atoms with E-state index >= 15 is 0 Å². The van der Waals surface area contributed by atoms with E-state index in [0.717, 1.165) is 5.69 Å². The molecule has 0 radical (unpaired) electrons. The van der Waals surface area contributed by atoms with Crippen molar-refractivity contribution in [1.29, 1.82) is 0 Å². The van der Waals surface area contributed by atoms with Crippen LogP contribution in [0.15, 0.2) is 29.2 Å². The minimum atomic E-state index is -4.14. The van der Waals surface area contributed by atoms with Crippen LogP contribution in [-0.4, -0.2) is 32.2 Å². The largest absolute Gasteiger partial charge is 0.365 e. The highest BCUT2D eigenvalue weighted by Crippen LogP contribution is 2.16. The molecule has 1 aromatic rings. The van der Waals surface area contributed by atoms with Crippen LogP contribution in [-0.2, 0) is 10.1 Å². The average molecular weight is 260 g/mol. The van der Waals surface area contributed by atoms with Crippen molar-refractivity contribution in [2.24, 2.45) is 0 Å². The molecule has 0 saturated heterocycles. The van der Waals surface area contributed by atoms with Crippen molar-refractivity contribution in [1.82, 2.24) is 5.32 Å². The molecule has 0 aliphatic rings. The lowest BCUT2D eigenvalue weighted by molar-refractivity contribution is 0.483. The molecule has 2 N–H and O–H groups in total. The molecular formula is C9H12N2O3S2. The van der Waals surface area contributed by atoms with Crippen LogP contribution in [0.5, 0.6) is 0 Å². The van der Waals surface area contributed by atoms with Gasteiger partial charge in [-0.2, -0.15) is 8.42 Å². The SMILES string of the molecule is CNC(=S)N(C)c1ccc(S(=O)(=O)O)cc1. The van der Waals surface area contributed by atoms with Crippen molar-refractivity contribution in [2.45, 2.75) is 4.90 Å². The normalized spacial score (nSPS) is 10.9. The van der Waals surface area contributed by atoms with E-state index in [-0.39, 0.29) is 4.90 Å². The number of benzene rings is 1. The van der Waals surface area contributed by atoms with Gasteiger partial charge in [0.15, 0.2) is 5.11 Å². The molecule has 0 amide bonds. The van der Waals surface area contributed by atoms with Gasteiger partial charge in [-0.1, -0.05) is 0 Å². The summed E-state index contributed by atoms with van der Waals surface area (Å²) in [6.07, 6.45) is 0. The maximum atomic E-state index is 10.8. The van der Waals surface area contributed by atoms with Gasteiger partial charge in [0.2, 0.25) is 0 Å². The number of thiocarbonyl (C=S) groups is 1. The first kappa shape index (κ1) is 12.9. The van der Waals surface area contributed by atoms with Crippen molar-refractivity contribution in [3.05, 3.63) is 24.3 Å². The molecule has 0 aliphatic carbocycles. The number of rotatable bonds is 2. The summed E-state index contributed by atoms with van der Waals surface area (Å²) in [5.74, 6) is 0. The number of hydrogen-bond donors (Lipinski definition) is 2. The molecule has 0 bridgehead atoms. The second-order valence-corrected chi connectivity index (χ2v) is 4.89. The third-order valence-corrected chi connectivity index (χ3v) is 3.39. The number of hydrogen-bond acceptors (Lipinski definition) is 3. The van der Waals surface area contributed by atoms with Crippen LogP contribution in [0.2, 0.25) is 0 Å². The highest BCUT2D eigenvalue weighted by atomic mass is 32.2. The molecule has 0 heterocycles. The molecular weight excluding hydrogens is 248 g/mol. The van der Waals surface area contributed by atoms with Crippen molar-refractivity contribution in [3.8, 4) is 0 Å². The van der Waals surface area contributed by atoms with E-state index in [0.29, 0.717) is 5.11 Å². The first-order chi connectivity index (χ1) is 7.36. The molecule has 0 aromatic heterocycles. The average Bonchev–Trinajstić information content (AvgIpc) is 2.26.